The average molecular weight is 498 g/mol. The molecule has 2 heterocycles. The van der Waals surface area contributed by atoms with Crippen LogP contribution in [-0.4, -0.2) is 44.8 Å². The Morgan fingerprint density at radius 3 is 2.24 bits per heavy atom. The van der Waals surface area contributed by atoms with Crippen molar-refractivity contribution < 1.29 is 18.0 Å². The molecule has 7 nitrogen and oxygen atoms in total. The number of sulfonamides is 1. The smallest absolute Gasteiger partial charge is 0.253 e. The van der Waals surface area contributed by atoms with E-state index in [1.54, 1.807) is 23.5 Å². The number of amides is 2. The Morgan fingerprint density at radius 1 is 0.912 bits per heavy atom. The van der Waals surface area contributed by atoms with E-state index in [2.05, 4.69) is 10.0 Å². The minimum atomic E-state index is -3.64. The number of carbonyl (C=O) groups is 2. The van der Waals surface area contributed by atoms with Crippen LogP contribution in [0.15, 0.2) is 70.9 Å². The lowest BCUT2D eigenvalue weighted by molar-refractivity contribution is 0.0792. The molecular weight excluding hydrogens is 470 g/mol. The summed E-state index contributed by atoms with van der Waals surface area (Å²) in [5.74, 6) is -0.254. The summed E-state index contributed by atoms with van der Waals surface area (Å²) < 4.78 is 27.5. The Balaban J connectivity index is 1.28. The van der Waals surface area contributed by atoms with E-state index in [0.29, 0.717) is 30.6 Å². The summed E-state index contributed by atoms with van der Waals surface area (Å²) >= 11 is 1.59. The summed E-state index contributed by atoms with van der Waals surface area (Å²) in [5.41, 5.74) is 1.90. The van der Waals surface area contributed by atoms with Crippen LogP contribution in [0.4, 0.5) is 0 Å². The van der Waals surface area contributed by atoms with Gasteiger partial charge in [-0.15, -0.1) is 11.3 Å². The number of nitrogens with zero attached hydrogens (tertiary/aromatic N) is 1. The highest BCUT2D eigenvalue weighted by molar-refractivity contribution is 7.89. The number of carbonyl (C=O) groups excluding carboxylic acids is 2. The van der Waals surface area contributed by atoms with Crippen LogP contribution in [0.3, 0.4) is 0 Å². The number of hydrogen-bond donors (Lipinski definition) is 2. The molecule has 2 aromatic carbocycles. The molecule has 2 N–H and O–H groups in total. The van der Waals surface area contributed by atoms with Gasteiger partial charge in [0, 0.05) is 42.2 Å². The Morgan fingerprint density at radius 2 is 1.59 bits per heavy atom. The molecule has 1 aromatic heterocycles. The molecule has 9 heteroatoms. The Kier molecular flexibility index (Phi) is 7.77. The second-order valence-electron chi connectivity index (χ2n) is 8.13. The third-order valence-corrected chi connectivity index (χ3v) is 8.13. The van der Waals surface area contributed by atoms with Gasteiger partial charge in [-0.25, -0.2) is 13.1 Å². The van der Waals surface area contributed by atoms with Gasteiger partial charge in [0.15, 0.2) is 0 Å². The van der Waals surface area contributed by atoms with Crippen molar-refractivity contribution in [2.45, 2.75) is 30.7 Å². The second-order valence-corrected chi connectivity index (χ2v) is 10.9. The summed E-state index contributed by atoms with van der Waals surface area (Å²) in [5, 5.41) is 4.79. The first-order chi connectivity index (χ1) is 16.4. The molecule has 1 saturated heterocycles. The lowest BCUT2D eigenvalue weighted by Crippen LogP contribution is -2.27. The van der Waals surface area contributed by atoms with Gasteiger partial charge in [-0.05, 0) is 72.7 Å². The number of benzene rings is 2. The summed E-state index contributed by atoms with van der Waals surface area (Å²) in [7, 11) is -3.64. The Labute approximate surface area is 203 Å². The lowest BCUT2D eigenvalue weighted by atomic mass is 10.1. The standard InChI is InChI=1S/C25H27N3O4S2/c29-24(26-18-19-5-7-21(8-6-19)25(30)28-15-1-2-16-28)20-9-11-23(12-10-20)34(31,32)27-14-13-22-4-3-17-33-22/h3-12,17,27H,1-2,13-16,18H2,(H,26,29). The molecular formula is C25H27N3O4S2. The maximum absolute atomic E-state index is 12.5. The van der Waals surface area contributed by atoms with Gasteiger partial charge in [-0.3, -0.25) is 9.59 Å². The van der Waals surface area contributed by atoms with Gasteiger partial charge in [0.1, 0.15) is 0 Å². The first-order valence-electron chi connectivity index (χ1n) is 11.2. The predicted molar refractivity (Wildman–Crippen MR) is 132 cm³/mol. The summed E-state index contributed by atoms with van der Waals surface area (Å²) in [4.78, 5) is 28.0. The molecule has 0 spiro atoms. The molecule has 3 aromatic rings. The minimum Gasteiger partial charge on any atom is -0.348 e. The molecule has 1 fully saturated rings. The zero-order valence-corrected chi connectivity index (χ0v) is 20.3. The maximum Gasteiger partial charge on any atom is 0.253 e. The zero-order chi connectivity index (χ0) is 24.0. The molecule has 1 aliphatic heterocycles. The van der Waals surface area contributed by atoms with E-state index < -0.39 is 10.0 Å². The highest BCUT2D eigenvalue weighted by Gasteiger charge is 2.19. The van der Waals surface area contributed by atoms with Crippen LogP contribution in [0.5, 0.6) is 0 Å². The maximum atomic E-state index is 12.5. The summed E-state index contributed by atoms with van der Waals surface area (Å²) in [6.45, 7) is 2.23. The van der Waals surface area contributed by atoms with Gasteiger partial charge in [0.2, 0.25) is 10.0 Å². The van der Waals surface area contributed by atoms with Crippen molar-refractivity contribution in [3.05, 3.63) is 87.6 Å². The minimum absolute atomic E-state index is 0.0455. The van der Waals surface area contributed by atoms with Crippen LogP contribution >= 0.6 is 11.3 Å². The van der Waals surface area contributed by atoms with Crippen LogP contribution in [0, 0.1) is 0 Å². The molecule has 34 heavy (non-hydrogen) atoms. The molecule has 0 unspecified atom stereocenters. The van der Waals surface area contributed by atoms with E-state index in [9.17, 15) is 18.0 Å². The van der Waals surface area contributed by atoms with E-state index in [4.69, 9.17) is 0 Å². The fourth-order valence-electron chi connectivity index (χ4n) is 3.78. The summed E-state index contributed by atoms with van der Waals surface area (Å²) in [6.07, 6.45) is 2.73. The van der Waals surface area contributed by atoms with Crippen LogP contribution in [-0.2, 0) is 23.0 Å². The SMILES string of the molecule is O=C(NCc1ccc(C(=O)N2CCCC2)cc1)c1ccc(S(=O)(=O)NCCc2cccs2)cc1. The normalized spacial score (nSPS) is 13.7. The van der Waals surface area contributed by atoms with Crippen molar-refractivity contribution in [1.29, 1.82) is 0 Å². The van der Waals surface area contributed by atoms with Crippen molar-refractivity contribution in [3.8, 4) is 0 Å². The molecule has 0 atom stereocenters. The lowest BCUT2D eigenvalue weighted by Gasteiger charge is -2.15. The first-order valence-corrected chi connectivity index (χ1v) is 13.6. The Hall–Kier alpha value is -3.01. The first kappa shape index (κ1) is 24.1. The van der Waals surface area contributed by atoms with Crippen LogP contribution < -0.4 is 10.0 Å². The van der Waals surface area contributed by atoms with Gasteiger partial charge in [-0.1, -0.05) is 18.2 Å². The molecule has 0 aliphatic carbocycles. The predicted octanol–water partition coefficient (Wildman–Crippen LogP) is 3.44. The van der Waals surface area contributed by atoms with Crippen molar-refractivity contribution in [3.63, 3.8) is 0 Å². The fourth-order valence-corrected chi connectivity index (χ4v) is 5.53. The third kappa shape index (κ3) is 6.11. The zero-order valence-electron chi connectivity index (χ0n) is 18.7. The second kappa shape index (κ2) is 10.9. The Bertz CT molecular complexity index is 1220. The van der Waals surface area contributed by atoms with Crippen molar-refractivity contribution in [1.82, 2.24) is 14.9 Å². The van der Waals surface area contributed by atoms with Crippen LogP contribution in [0.1, 0.15) is 44.0 Å². The average Bonchev–Trinajstić information content (AvgIpc) is 3.57. The van der Waals surface area contributed by atoms with E-state index >= 15 is 0 Å². The highest BCUT2D eigenvalue weighted by Crippen LogP contribution is 2.15. The van der Waals surface area contributed by atoms with Gasteiger partial charge in [0.05, 0.1) is 4.90 Å². The van der Waals surface area contributed by atoms with Gasteiger partial charge < -0.3 is 10.2 Å². The quantitative estimate of drug-likeness (QED) is 0.473. The molecule has 0 bridgehead atoms. The summed E-state index contributed by atoms with van der Waals surface area (Å²) in [6, 6.07) is 17.0. The van der Waals surface area contributed by atoms with Gasteiger partial charge in [0.25, 0.3) is 11.8 Å². The number of hydrogen-bond acceptors (Lipinski definition) is 5. The van der Waals surface area contributed by atoms with Crippen LogP contribution in [0.25, 0.3) is 0 Å². The molecule has 1 aliphatic rings. The number of thiophene rings is 1. The van der Waals surface area contributed by atoms with Crippen molar-refractivity contribution in [2.24, 2.45) is 0 Å². The monoisotopic (exact) mass is 497 g/mol. The number of nitrogens with one attached hydrogen (secondary N) is 2. The highest BCUT2D eigenvalue weighted by atomic mass is 32.2. The van der Waals surface area contributed by atoms with Crippen LogP contribution in [0.2, 0.25) is 0 Å². The molecule has 0 saturated carbocycles. The number of rotatable bonds is 9. The van der Waals surface area contributed by atoms with E-state index in [1.807, 2.05) is 34.5 Å². The van der Waals surface area contributed by atoms with Crippen molar-refractivity contribution >= 4 is 33.2 Å². The molecule has 178 valence electrons. The van der Waals surface area contributed by atoms with E-state index in [1.165, 1.54) is 24.3 Å². The van der Waals surface area contributed by atoms with Crippen molar-refractivity contribution in [2.75, 3.05) is 19.6 Å². The van der Waals surface area contributed by atoms with E-state index in [0.717, 1.165) is 36.4 Å². The molecule has 2 amide bonds. The molecule has 0 radical (unpaired) electrons. The van der Waals surface area contributed by atoms with Gasteiger partial charge in [-0.2, -0.15) is 0 Å². The number of likely N-dealkylation sites (tertiary alicyclic amines) is 1. The van der Waals surface area contributed by atoms with E-state index in [-0.39, 0.29) is 16.7 Å². The topological polar surface area (TPSA) is 95.6 Å². The molecule has 4 rings (SSSR count). The third-order valence-electron chi connectivity index (χ3n) is 5.72. The fraction of sp³-hybridized carbons (Fsp3) is 0.280. The largest absolute Gasteiger partial charge is 0.348 e. The van der Waals surface area contributed by atoms with Gasteiger partial charge >= 0.3 is 0 Å².